The van der Waals surface area contributed by atoms with Crippen LogP contribution in [0.3, 0.4) is 0 Å². The molecule has 0 heterocycles. The summed E-state index contributed by atoms with van der Waals surface area (Å²) in [4.78, 5) is 10.4. The van der Waals surface area contributed by atoms with Gasteiger partial charge in [-0.25, -0.2) is 4.39 Å². The van der Waals surface area contributed by atoms with E-state index in [1.165, 1.54) is 25.3 Å². The Labute approximate surface area is 94.1 Å². The number of carbonyl (C=O) groups is 1. The zero-order valence-electron chi connectivity index (χ0n) is 7.26. The summed E-state index contributed by atoms with van der Waals surface area (Å²) in [5, 5.41) is 0.318. The Morgan fingerprint density at radius 2 is 2.29 bits per heavy atom. The molecule has 5 heteroatoms. The second kappa shape index (κ2) is 4.75. The van der Waals surface area contributed by atoms with E-state index in [4.69, 9.17) is 11.6 Å². The summed E-state index contributed by atoms with van der Waals surface area (Å²) >= 11 is 8.86. The lowest BCUT2D eigenvalue weighted by Gasteiger charge is -2.09. The van der Waals surface area contributed by atoms with Gasteiger partial charge in [0.1, 0.15) is 10.6 Å². The number of halogens is 3. The lowest BCUT2D eigenvalue weighted by Crippen LogP contribution is -2.08. The molecule has 0 amide bonds. The molecule has 0 spiro atoms. The van der Waals surface area contributed by atoms with Gasteiger partial charge >= 0.3 is 5.97 Å². The monoisotopic (exact) mass is 280 g/mol. The van der Waals surface area contributed by atoms with Crippen molar-refractivity contribution >= 4 is 33.5 Å². The Balaban J connectivity index is 3.05. The molecule has 2 nitrogen and oxygen atoms in total. The van der Waals surface area contributed by atoms with Crippen LogP contribution in [0, 0.1) is 5.82 Å². The number of esters is 1. The largest absolute Gasteiger partial charge is 0.468 e. The molecular weight excluding hydrogens is 274 g/mol. The first-order chi connectivity index (χ1) is 6.56. The molecule has 76 valence electrons. The van der Waals surface area contributed by atoms with E-state index in [-0.39, 0.29) is 0 Å². The fourth-order valence-corrected chi connectivity index (χ4v) is 1.86. The van der Waals surface area contributed by atoms with Crippen LogP contribution in [-0.2, 0) is 9.53 Å². The number of alkyl halides is 1. The Kier molecular flexibility index (Phi) is 3.89. The number of carbonyl (C=O) groups excluding carboxylic acids is 1. The minimum Gasteiger partial charge on any atom is -0.468 e. The summed E-state index contributed by atoms with van der Waals surface area (Å²) in [6, 6.07) is 3.81. The third-order valence-corrected chi connectivity index (χ3v) is 2.85. The standard InChI is InChI=1S/C9H7BrClFO2/c1-14-9(13)8(10)6-4-5(12)2-3-7(6)11/h2-4,8H,1H3. The van der Waals surface area contributed by atoms with Gasteiger partial charge < -0.3 is 4.74 Å². The van der Waals surface area contributed by atoms with E-state index in [9.17, 15) is 9.18 Å². The number of benzene rings is 1. The molecule has 1 aromatic rings. The van der Waals surface area contributed by atoms with Crippen LogP contribution in [0.5, 0.6) is 0 Å². The Bertz CT molecular complexity index is 357. The van der Waals surface area contributed by atoms with Gasteiger partial charge in [0.2, 0.25) is 0 Å². The molecule has 1 rings (SSSR count). The number of hydrogen-bond donors (Lipinski definition) is 0. The first kappa shape index (κ1) is 11.5. The second-order valence-electron chi connectivity index (χ2n) is 2.55. The molecule has 0 N–H and O–H groups in total. The summed E-state index contributed by atoms with van der Waals surface area (Å²) in [7, 11) is 1.25. The summed E-state index contributed by atoms with van der Waals surface area (Å²) in [6.45, 7) is 0. The van der Waals surface area contributed by atoms with Crippen LogP contribution in [-0.4, -0.2) is 13.1 Å². The minimum atomic E-state index is -0.740. The summed E-state index contributed by atoms with van der Waals surface area (Å²) < 4.78 is 17.3. The second-order valence-corrected chi connectivity index (χ2v) is 3.87. The molecule has 0 aliphatic heterocycles. The van der Waals surface area contributed by atoms with Crippen molar-refractivity contribution in [2.45, 2.75) is 4.83 Å². The molecule has 1 aromatic carbocycles. The maximum absolute atomic E-state index is 12.8. The van der Waals surface area contributed by atoms with Gasteiger partial charge in [-0.05, 0) is 23.8 Å². The molecule has 0 aromatic heterocycles. The highest BCUT2D eigenvalue weighted by atomic mass is 79.9. The van der Waals surface area contributed by atoms with Gasteiger partial charge in [0.25, 0.3) is 0 Å². The van der Waals surface area contributed by atoms with Gasteiger partial charge in [-0.2, -0.15) is 0 Å². The smallest absolute Gasteiger partial charge is 0.324 e. The number of methoxy groups -OCH3 is 1. The Morgan fingerprint density at radius 1 is 1.64 bits per heavy atom. The van der Waals surface area contributed by atoms with Crippen molar-refractivity contribution in [2.75, 3.05) is 7.11 Å². The Hall–Kier alpha value is -0.610. The van der Waals surface area contributed by atoms with Crippen molar-refractivity contribution in [1.29, 1.82) is 0 Å². The van der Waals surface area contributed by atoms with Crippen LogP contribution in [0.25, 0.3) is 0 Å². The van der Waals surface area contributed by atoms with Crippen molar-refractivity contribution in [3.63, 3.8) is 0 Å². The van der Waals surface area contributed by atoms with Crippen LogP contribution < -0.4 is 0 Å². The summed E-state index contributed by atoms with van der Waals surface area (Å²) in [5.41, 5.74) is 0.360. The molecular formula is C9H7BrClFO2. The SMILES string of the molecule is COC(=O)C(Br)c1cc(F)ccc1Cl. The third-order valence-electron chi connectivity index (χ3n) is 1.64. The molecule has 0 aliphatic rings. The highest BCUT2D eigenvalue weighted by Crippen LogP contribution is 2.30. The maximum atomic E-state index is 12.8. The quantitative estimate of drug-likeness (QED) is 0.615. The molecule has 0 saturated heterocycles. The summed E-state index contributed by atoms with van der Waals surface area (Å²) in [5.74, 6) is -0.963. The molecule has 14 heavy (non-hydrogen) atoms. The number of rotatable bonds is 2. The first-order valence-electron chi connectivity index (χ1n) is 3.73. The van der Waals surface area contributed by atoms with Gasteiger partial charge in [0.05, 0.1) is 7.11 Å². The van der Waals surface area contributed by atoms with Crippen LogP contribution in [0.4, 0.5) is 4.39 Å². The zero-order valence-corrected chi connectivity index (χ0v) is 9.60. The first-order valence-corrected chi connectivity index (χ1v) is 5.02. The van der Waals surface area contributed by atoms with E-state index in [1.807, 2.05) is 0 Å². The molecule has 1 unspecified atom stereocenters. The topological polar surface area (TPSA) is 26.3 Å². The molecule has 0 saturated carbocycles. The molecule has 0 bridgehead atoms. The average Bonchev–Trinajstić information content (AvgIpc) is 2.19. The van der Waals surface area contributed by atoms with Gasteiger partial charge in [-0.15, -0.1) is 0 Å². The van der Waals surface area contributed by atoms with Crippen LogP contribution in [0.2, 0.25) is 5.02 Å². The van der Waals surface area contributed by atoms with Crippen molar-refractivity contribution < 1.29 is 13.9 Å². The zero-order chi connectivity index (χ0) is 10.7. The van der Waals surface area contributed by atoms with Gasteiger partial charge in [0, 0.05) is 5.02 Å². The maximum Gasteiger partial charge on any atom is 0.324 e. The molecule has 0 aliphatic carbocycles. The van der Waals surface area contributed by atoms with Crippen LogP contribution >= 0.6 is 27.5 Å². The van der Waals surface area contributed by atoms with Crippen molar-refractivity contribution in [3.05, 3.63) is 34.6 Å². The molecule has 0 fully saturated rings. The fraction of sp³-hybridized carbons (Fsp3) is 0.222. The van der Waals surface area contributed by atoms with Gasteiger partial charge in [-0.3, -0.25) is 4.79 Å². The van der Waals surface area contributed by atoms with E-state index < -0.39 is 16.6 Å². The van der Waals surface area contributed by atoms with E-state index in [2.05, 4.69) is 20.7 Å². The van der Waals surface area contributed by atoms with Crippen molar-refractivity contribution in [3.8, 4) is 0 Å². The third kappa shape index (κ3) is 2.45. The van der Waals surface area contributed by atoms with Gasteiger partial charge in [0.15, 0.2) is 0 Å². The van der Waals surface area contributed by atoms with Crippen molar-refractivity contribution in [2.24, 2.45) is 0 Å². The lowest BCUT2D eigenvalue weighted by molar-refractivity contribution is -0.139. The number of hydrogen-bond acceptors (Lipinski definition) is 2. The van der Waals surface area contributed by atoms with E-state index >= 15 is 0 Å². The number of ether oxygens (including phenoxy) is 1. The van der Waals surface area contributed by atoms with Crippen LogP contribution in [0.15, 0.2) is 18.2 Å². The van der Waals surface area contributed by atoms with Gasteiger partial charge in [-0.1, -0.05) is 27.5 Å². The predicted molar refractivity (Wildman–Crippen MR) is 55.1 cm³/mol. The van der Waals surface area contributed by atoms with E-state index in [1.54, 1.807) is 0 Å². The molecule has 0 radical (unpaired) electrons. The molecule has 1 atom stereocenters. The van der Waals surface area contributed by atoms with Crippen LogP contribution in [0.1, 0.15) is 10.4 Å². The van der Waals surface area contributed by atoms with E-state index in [0.717, 1.165) is 0 Å². The highest BCUT2D eigenvalue weighted by molar-refractivity contribution is 9.09. The summed E-state index contributed by atoms with van der Waals surface area (Å²) in [6.07, 6.45) is 0. The predicted octanol–water partition coefficient (Wildman–Crippen LogP) is 3.09. The average molecular weight is 282 g/mol. The lowest BCUT2D eigenvalue weighted by atomic mass is 10.1. The highest BCUT2D eigenvalue weighted by Gasteiger charge is 2.20. The normalized spacial score (nSPS) is 12.3. The van der Waals surface area contributed by atoms with E-state index in [0.29, 0.717) is 10.6 Å². The van der Waals surface area contributed by atoms with Crippen molar-refractivity contribution in [1.82, 2.24) is 0 Å². The Morgan fingerprint density at radius 3 is 2.86 bits per heavy atom. The minimum absolute atomic E-state index is 0.318. The fourth-order valence-electron chi connectivity index (χ4n) is 0.939.